The lowest BCUT2D eigenvalue weighted by atomic mass is 10.0. The van der Waals surface area contributed by atoms with E-state index < -0.39 is 11.9 Å². The number of rotatable bonds is 10. The third kappa shape index (κ3) is 6.83. The second-order valence-corrected chi connectivity index (χ2v) is 8.28. The van der Waals surface area contributed by atoms with Crippen LogP contribution in [-0.4, -0.2) is 18.5 Å². The molecule has 0 heterocycles. The van der Waals surface area contributed by atoms with E-state index in [0.29, 0.717) is 23.5 Å². The van der Waals surface area contributed by atoms with Crippen molar-refractivity contribution in [2.75, 3.05) is 6.61 Å². The molecule has 0 aliphatic carbocycles. The monoisotopic (exact) mass is 480 g/mol. The molecule has 0 bridgehead atoms. The highest BCUT2D eigenvalue weighted by molar-refractivity contribution is 5.92. The van der Waals surface area contributed by atoms with Gasteiger partial charge in [-0.1, -0.05) is 67.9 Å². The average molecular weight is 481 g/mol. The quantitative estimate of drug-likeness (QED) is 0.138. The molecular formula is C31H28O5. The van der Waals surface area contributed by atoms with Crippen molar-refractivity contribution in [1.29, 1.82) is 0 Å². The first-order valence-electron chi connectivity index (χ1n) is 12.0. The van der Waals surface area contributed by atoms with Gasteiger partial charge in [0.05, 0.1) is 17.7 Å². The van der Waals surface area contributed by atoms with Crippen molar-refractivity contribution in [1.82, 2.24) is 0 Å². The standard InChI is InChI=1S/C31H28O5/c1-2-3-21-34-28-17-13-25(14-18-28)24-9-11-27(12-10-24)31(33)36-29-19-15-26(16-20-29)30(32)35-22-23-7-5-4-6-8-23/h4-20H,2-3,21-22H2,1H3. The molecule has 4 rings (SSSR count). The van der Waals surface area contributed by atoms with Gasteiger partial charge in [-0.15, -0.1) is 0 Å². The summed E-state index contributed by atoms with van der Waals surface area (Å²) in [6.45, 7) is 3.05. The van der Waals surface area contributed by atoms with Crippen molar-refractivity contribution in [2.45, 2.75) is 26.4 Å². The Hall–Kier alpha value is -4.38. The van der Waals surface area contributed by atoms with Gasteiger partial charge in [0, 0.05) is 0 Å². The Morgan fingerprint density at radius 1 is 0.639 bits per heavy atom. The highest BCUT2D eigenvalue weighted by Gasteiger charge is 2.12. The van der Waals surface area contributed by atoms with Crippen LogP contribution in [0.15, 0.2) is 103 Å². The lowest BCUT2D eigenvalue weighted by Gasteiger charge is -2.08. The minimum absolute atomic E-state index is 0.198. The van der Waals surface area contributed by atoms with Crippen molar-refractivity contribution in [3.8, 4) is 22.6 Å². The largest absolute Gasteiger partial charge is 0.494 e. The summed E-state index contributed by atoms with van der Waals surface area (Å²) in [6.07, 6.45) is 2.13. The Balaban J connectivity index is 1.31. The minimum atomic E-state index is -0.472. The van der Waals surface area contributed by atoms with E-state index >= 15 is 0 Å². The molecule has 0 N–H and O–H groups in total. The highest BCUT2D eigenvalue weighted by Crippen LogP contribution is 2.24. The Morgan fingerprint density at radius 3 is 1.83 bits per heavy atom. The molecule has 5 nitrogen and oxygen atoms in total. The number of unbranched alkanes of at least 4 members (excludes halogenated alkanes) is 1. The van der Waals surface area contributed by atoms with Gasteiger partial charge in [0.25, 0.3) is 0 Å². The third-order valence-electron chi connectivity index (χ3n) is 5.59. The number of hydrogen-bond acceptors (Lipinski definition) is 5. The fourth-order valence-corrected chi connectivity index (χ4v) is 3.51. The van der Waals surface area contributed by atoms with E-state index in [2.05, 4.69) is 6.92 Å². The predicted octanol–water partition coefficient (Wildman–Crippen LogP) is 7.11. The van der Waals surface area contributed by atoms with Crippen molar-refractivity contribution < 1.29 is 23.8 Å². The van der Waals surface area contributed by atoms with Crippen LogP contribution >= 0.6 is 0 Å². The van der Waals surface area contributed by atoms with E-state index in [1.54, 1.807) is 36.4 Å². The molecule has 0 unspecified atom stereocenters. The molecule has 5 heteroatoms. The molecule has 0 atom stereocenters. The van der Waals surface area contributed by atoms with Crippen LogP contribution in [0, 0.1) is 0 Å². The highest BCUT2D eigenvalue weighted by atomic mass is 16.5. The molecule has 4 aromatic rings. The molecule has 36 heavy (non-hydrogen) atoms. The maximum Gasteiger partial charge on any atom is 0.343 e. The molecule has 182 valence electrons. The number of benzene rings is 4. The normalized spacial score (nSPS) is 10.5. The first-order valence-corrected chi connectivity index (χ1v) is 12.0. The van der Waals surface area contributed by atoms with Crippen molar-refractivity contribution in [3.63, 3.8) is 0 Å². The minimum Gasteiger partial charge on any atom is -0.494 e. The van der Waals surface area contributed by atoms with E-state index in [9.17, 15) is 9.59 Å². The molecular weight excluding hydrogens is 452 g/mol. The molecule has 0 amide bonds. The summed E-state index contributed by atoms with van der Waals surface area (Å²) in [5.41, 5.74) is 3.76. The molecule has 0 radical (unpaired) electrons. The van der Waals surface area contributed by atoms with E-state index in [1.165, 1.54) is 0 Å². The van der Waals surface area contributed by atoms with Crippen LogP contribution in [0.3, 0.4) is 0 Å². The molecule has 0 saturated carbocycles. The van der Waals surface area contributed by atoms with Crippen LogP contribution in [0.4, 0.5) is 0 Å². The summed E-state index contributed by atoms with van der Waals surface area (Å²) < 4.78 is 16.5. The van der Waals surface area contributed by atoms with Gasteiger partial charge in [0.2, 0.25) is 0 Å². The van der Waals surface area contributed by atoms with Crippen LogP contribution in [0.5, 0.6) is 11.5 Å². The van der Waals surface area contributed by atoms with Crippen molar-refractivity contribution in [2.24, 2.45) is 0 Å². The van der Waals surface area contributed by atoms with Gasteiger partial charge >= 0.3 is 11.9 Å². The lowest BCUT2D eigenvalue weighted by Crippen LogP contribution is -2.09. The molecule has 4 aromatic carbocycles. The van der Waals surface area contributed by atoms with Gasteiger partial charge in [-0.3, -0.25) is 0 Å². The molecule has 0 aliphatic rings. The summed E-state index contributed by atoms with van der Waals surface area (Å²) in [5.74, 6) is 0.290. The number of ether oxygens (including phenoxy) is 3. The third-order valence-corrected chi connectivity index (χ3v) is 5.59. The smallest absolute Gasteiger partial charge is 0.343 e. The predicted molar refractivity (Wildman–Crippen MR) is 139 cm³/mol. The number of esters is 2. The summed E-state index contributed by atoms with van der Waals surface area (Å²) in [6, 6.07) is 30.9. The Labute approximate surface area is 211 Å². The summed E-state index contributed by atoms with van der Waals surface area (Å²) in [4.78, 5) is 24.8. The Morgan fingerprint density at radius 2 is 1.19 bits per heavy atom. The summed E-state index contributed by atoms with van der Waals surface area (Å²) in [7, 11) is 0. The van der Waals surface area contributed by atoms with Crippen LogP contribution in [0.2, 0.25) is 0 Å². The number of carbonyl (C=O) groups excluding carboxylic acids is 2. The zero-order valence-corrected chi connectivity index (χ0v) is 20.2. The Kier molecular flexibility index (Phi) is 8.49. The molecule has 0 aromatic heterocycles. The van der Waals surface area contributed by atoms with Crippen LogP contribution in [-0.2, 0) is 11.3 Å². The first-order chi connectivity index (χ1) is 17.6. The van der Waals surface area contributed by atoms with E-state index in [-0.39, 0.29) is 6.61 Å². The van der Waals surface area contributed by atoms with Crippen LogP contribution in [0.25, 0.3) is 11.1 Å². The van der Waals surface area contributed by atoms with E-state index in [0.717, 1.165) is 35.3 Å². The van der Waals surface area contributed by atoms with Crippen LogP contribution in [0.1, 0.15) is 46.0 Å². The molecule has 0 aliphatic heterocycles. The Bertz CT molecular complexity index is 1260. The van der Waals surface area contributed by atoms with Gasteiger partial charge in [0.15, 0.2) is 0 Å². The van der Waals surface area contributed by atoms with Gasteiger partial charge in [0.1, 0.15) is 18.1 Å². The van der Waals surface area contributed by atoms with Gasteiger partial charge in [-0.2, -0.15) is 0 Å². The van der Waals surface area contributed by atoms with Gasteiger partial charge in [-0.25, -0.2) is 9.59 Å². The lowest BCUT2D eigenvalue weighted by molar-refractivity contribution is 0.0472. The van der Waals surface area contributed by atoms with Gasteiger partial charge < -0.3 is 14.2 Å². The summed E-state index contributed by atoms with van der Waals surface area (Å²) in [5, 5.41) is 0. The molecule has 0 fully saturated rings. The molecule has 0 spiro atoms. The van der Waals surface area contributed by atoms with E-state index in [1.807, 2.05) is 66.7 Å². The zero-order chi connectivity index (χ0) is 25.2. The second-order valence-electron chi connectivity index (χ2n) is 8.28. The maximum absolute atomic E-state index is 12.6. The number of hydrogen-bond donors (Lipinski definition) is 0. The molecule has 0 saturated heterocycles. The van der Waals surface area contributed by atoms with Crippen molar-refractivity contribution >= 4 is 11.9 Å². The number of carbonyl (C=O) groups is 2. The average Bonchev–Trinajstić information content (AvgIpc) is 2.93. The second kappa shape index (κ2) is 12.4. The fourth-order valence-electron chi connectivity index (χ4n) is 3.51. The topological polar surface area (TPSA) is 61.8 Å². The maximum atomic E-state index is 12.6. The van der Waals surface area contributed by atoms with E-state index in [4.69, 9.17) is 14.2 Å². The fraction of sp³-hybridized carbons (Fsp3) is 0.161. The first kappa shape index (κ1) is 24.7. The van der Waals surface area contributed by atoms with Crippen molar-refractivity contribution in [3.05, 3.63) is 120 Å². The zero-order valence-electron chi connectivity index (χ0n) is 20.2. The summed E-state index contributed by atoms with van der Waals surface area (Å²) >= 11 is 0. The van der Waals surface area contributed by atoms with Gasteiger partial charge in [-0.05, 0) is 71.6 Å². The van der Waals surface area contributed by atoms with Crippen LogP contribution < -0.4 is 9.47 Å². The SMILES string of the molecule is CCCCOc1ccc(-c2ccc(C(=O)Oc3ccc(C(=O)OCc4ccccc4)cc3)cc2)cc1.